The van der Waals surface area contributed by atoms with E-state index in [1.807, 2.05) is 65.8 Å². The first kappa shape index (κ1) is 19.3. The number of anilines is 1. The van der Waals surface area contributed by atoms with Gasteiger partial charge in [-0.1, -0.05) is 18.2 Å². The molecular formula is C18H30N2O3. The maximum Gasteiger partial charge on any atom is 0.410 e. The van der Waals surface area contributed by atoms with Crippen molar-refractivity contribution in [3.8, 4) is 0 Å². The van der Waals surface area contributed by atoms with Gasteiger partial charge < -0.3 is 20.1 Å². The smallest absolute Gasteiger partial charge is 0.410 e. The Bertz CT molecular complexity index is 516. The molecule has 130 valence electrons. The lowest BCUT2D eigenvalue weighted by molar-refractivity contribution is 0.00749. The van der Waals surface area contributed by atoms with Gasteiger partial charge in [0.15, 0.2) is 0 Å². The standard InChI is InChI=1S/C18H30N2O3/c1-17(2,3)20(16(22)23-18(4,5)6)12-11-19-15-10-8-7-9-14(15)13-21/h7-10,19,21H,11-13H2,1-6H3. The van der Waals surface area contributed by atoms with Crippen LogP contribution in [0.2, 0.25) is 0 Å². The Balaban J connectivity index is 2.70. The van der Waals surface area contributed by atoms with Crippen LogP contribution in [0.15, 0.2) is 24.3 Å². The predicted octanol–water partition coefficient (Wildman–Crippen LogP) is 3.63. The van der Waals surface area contributed by atoms with Crippen LogP contribution in [-0.4, -0.2) is 40.3 Å². The zero-order valence-electron chi connectivity index (χ0n) is 15.1. The fourth-order valence-corrected chi connectivity index (χ4v) is 2.15. The summed E-state index contributed by atoms with van der Waals surface area (Å²) in [7, 11) is 0. The molecule has 1 aromatic carbocycles. The second-order valence-corrected chi connectivity index (χ2v) is 7.54. The normalized spacial score (nSPS) is 12.0. The number of carbonyl (C=O) groups is 1. The van der Waals surface area contributed by atoms with Crippen LogP contribution in [0.5, 0.6) is 0 Å². The van der Waals surface area contributed by atoms with Crippen LogP contribution >= 0.6 is 0 Å². The van der Waals surface area contributed by atoms with Gasteiger partial charge in [0.1, 0.15) is 5.60 Å². The summed E-state index contributed by atoms with van der Waals surface area (Å²) in [6.45, 7) is 12.6. The number of nitrogens with zero attached hydrogens (tertiary/aromatic N) is 1. The molecule has 0 spiro atoms. The molecule has 1 aromatic rings. The fraction of sp³-hybridized carbons (Fsp3) is 0.611. The molecule has 5 nitrogen and oxygen atoms in total. The lowest BCUT2D eigenvalue weighted by Gasteiger charge is -2.37. The molecule has 0 fully saturated rings. The monoisotopic (exact) mass is 322 g/mol. The zero-order valence-corrected chi connectivity index (χ0v) is 15.1. The highest BCUT2D eigenvalue weighted by Gasteiger charge is 2.30. The van der Waals surface area contributed by atoms with Crippen molar-refractivity contribution < 1.29 is 14.6 Å². The number of carbonyl (C=O) groups excluding carboxylic acids is 1. The lowest BCUT2D eigenvalue weighted by Crippen LogP contribution is -2.49. The molecule has 0 aromatic heterocycles. The molecule has 0 unspecified atom stereocenters. The predicted molar refractivity (Wildman–Crippen MR) is 93.5 cm³/mol. The fourth-order valence-electron chi connectivity index (χ4n) is 2.15. The second-order valence-electron chi connectivity index (χ2n) is 7.54. The van der Waals surface area contributed by atoms with E-state index >= 15 is 0 Å². The molecule has 23 heavy (non-hydrogen) atoms. The molecular weight excluding hydrogens is 292 g/mol. The van der Waals surface area contributed by atoms with E-state index in [1.165, 1.54) is 0 Å². The molecule has 0 heterocycles. The topological polar surface area (TPSA) is 61.8 Å². The van der Waals surface area contributed by atoms with E-state index in [0.29, 0.717) is 13.1 Å². The van der Waals surface area contributed by atoms with Crippen molar-refractivity contribution in [1.29, 1.82) is 0 Å². The van der Waals surface area contributed by atoms with Gasteiger partial charge in [-0.3, -0.25) is 0 Å². The minimum absolute atomic E-state index is 0.0157. The van der Waals surface area contributed by atoms with E-state index in [1.54, 1.807) is 4.90 Å². The molecule has 0 radical (unpaired) electrons. The third kappa shape index (κ3) is 6.48. The summed E-state index contributed by atoms with van der Waals surface area (Å²) in [4.78, 5) is 14.1. The summed E-state index contributed by atoms with van der Waals surface area (Å²) in [6, 6.07) is 7.59. The number of rotatable bonds is 5. The van der Waals surface area contributed by atoms with Crippen molar-refractivity contribution in [3.63, 3.8) is 0 Å². The molecule has 0 aliphatic carbocycles. The SMILES string of the molecule is CC(C)(C)OC(=O)N(CCNc1ccccc1CO)C(C)(C)C. The van der Waals surface area contributed by atoms with Crippen LogP contribution in [0.4, 0.5) is 10.5 Å². The van der Waals surface area contributed by atoms with Crippen molar-refractivity contribution in [2.45, 2.75) is 59.3 Å². The van der Waals surface area contributed by atoms with E-state index in [9.17, 15) is 9.90 Å². The van der Waals surface area contributed by atoms with E-state index in [2.05, 4.69) is 5.32 Å². The summed E-state index contributed by atoms with van der Waals surface area (Å²) >= 11 is 0. The van der Waals surface area contributed by atoms with Gasteiger partial charge in [-0.15, -0.1) is 0 Å². The highest BCUT2D eigenvalue weighted by atomic mass is 16.6. The van der Waals surface area contributed by atoms with Gasteiger partial charge in [-0.2, -0.15) is 0 Å². The van der Waals surface area contributed by atoms with Crippen LogP contribution in [-0.2, 0) is 11.3 Å². The number of ether oxygens (including phenoxy) is 1. The number of nitrogens with one attached hydrogen (secondary N) is 1. The number of hydrogen-bond acceptors (Lipinski definition) is 4. The highest BCUT2D eigenvalue weighted by Crippen LogP contribution is 2.19. The lowest BCUT2D eigenvalue weighted by atomic mass is 10.1. The molecule has 0 aliphatic rings. The Morgan fingerprint density at radius 3 is 2.30 bits per heavy atom. The molecule has 1 rings (SSSR count). The van der Waals surface area contributed by atoms with Gasteiger partial charge in [-0.25, -0.2) is 4.79 Å². The number of hydrogen-bond donors (Lipinski definition) is 2. The second kappa shape index (κ2) is 7.68. The Kier molecular flexibility index (Phi) is 6.45. The van der Waals surface area contributed by atoms with Crippen LogP contribution in [0.1, 0.15) is 47.1 Å². The van der Waals surface area contributed by atoms with Crippen LogP contribution in [0.25, 0.3) is 0 Å². The molecule has 2 N–H and O–H groups in total. The van der Waals surface area contributed by atoms with Crippen molar-refractivity contribution in [3.05, 3.63) is 29.8 Å². The number of amides is 1. The van der Waals surface area contributed by atoms with Gasteiger partial charge in [0.25, 0.3) is 0 Å². The Morgan fingerprint density at radius 1 is 1.17 bits per heavy atom. The van der Waals surface area contributed by atoms with Crippen molar-refractivity contribution in [1.82, 2.24) is 4.90 Å². The van der Waals surface area contributed by atoms with Crippen molar-refractivity contribution >= 4 is 11.8 Å². The van der Waals surface area contributed by atoms with Crippen LogP contribution < -0.4 is 5.32 Å². The van der Waals surface area contributed by atoms with Gasteiger partial charge >= 0.3 is 6.09 Å². The highest BCUT2D eigenvalue weighted by molar-refractivity contribution is 5.69. The maximum atomic E-state index is 12.4. The summed E-state index contributed by atoms with van der Waals surface area (Å²) < 4.78 is 5.49. The van der Waals surface area contributed by atoms with E-state index in [0.717, 1.165) is 11.3 Å². The third-order valence-electron chi connectivity index (χ3n) is 3.26. The number of para-hydroxylation sites is 1. The molecule has 0 atom stereocenters. The minimum atomic E-state index is -0.516. The Morgan fingerprint density at radius 2 is 1.78 bits per heavy atom. The number of benzene rings is 1. The summed E-state index contributed by atoms with van der Waals surface area (Å²) in [5.41, 5.74) is 0.873. The van der Waals surface area contributed by atoms with Gasteiger partial charge in [-0.05, 0) is 47.6 Å². The zero-order chi connectivity index (χ0) is 17.7. The van der Waals surface area contributed by atoms with Crippen LogP contribution in [0.3, 0.4) is 0 Å². The maximum absolute atomic E-state index is 12.4. The average Bonchev–Trinajstić information content (AvgIpc) is 2.40. The molecule has 0 aliphatic heterocycles. The van der Waals surface area contributed by atoms with E-state index in [4.69, 9.17) is 4.74 Å². The van der Waals surface area contributed by atoms with E-state index in [-0.39, 0.29) is 18.2 Å². The molecule has 0 saturated heterocycles. The Labute approximate surface area is 139 Å². The summed E-state index contributed by atoms with van der Waals surface area (Å²) in [5.74, 6) is 0. The van der Waals surface area contributed by atoms with E-state index < -0.39 is 5.60 Å². The van der Waals surface area contributed by atoms with Gasteiger partial charge in [0.2, 0.25) is 0 Å². The summed E-state index contributed by atoms with van der Waals surface area (Å²) in [6.07, 6.45) is -0.317. The first-order valence-electron chi connectivity index (χ1n) is 7.98. The van der Waals surface area contributed by atoms with Gasteiger partial charge in [0, 0.05) is 29.9 Å². The average molecular weight is 322 g/mol. The van der Waals surface area contributed by atoms with Gasteiger partial charge in [0.05, 0.1) is 6.61 Å². The van der Waals surface area contributed by atoms with Crippen LogP contribution in [0, 0.1) is 0 Å². The molecule has 0 saturated carbocycles. The number of aliphatic hydroxyl groups excluding tert-OH is 1. The number of aliphatic hydroxyl groups is 1. The quantitative estimate of drug-likeness (QED) is 0.869. The minimum Gasteiger partial charge on any atom is -0.444 e. The largest absolute Gasteiger partial charge is 0.444 e. The summed E-state index contributed by atoms with van der Waals surface area (Å²) in [5, 5.41) is 12.6. The third-order valence-corrected chi connectivity index (χ3v) is 3.26. The molecule has 5 heteroatoms. The first-order chi connectivity index (χ1) is 10.5. The molecule has 1 amide bonds. The molecule has 0 bridgehead atoms. The Hall–Kier alpha value is -1.75. The van der Waals surface area contributed by atoms with Crippen molar-refractivity contribution in [2.24, 2.45) is 0 Å². The first-order valence-corrected chi connectivity index (χ1v) is 7.98. The van der Waals surface area contributed by atoms with Crippen molar-refractivity contribution in [2.75, 3.05) is 18.4 Å².